The Labute approximate surface area is 137 Å². The standard InChI is InChI=1S/C14H16ClN5O3/c1-2-3-4-11(14(22)23)17-13(21)10-7-9(15)5-6-12(10)20-8-16-18-19-20/h5-8,11H,2-4H2,1H3,(H,17,21)(H,22,23)/t11-/m0/s1. The molecule has 2 N–H and O–H groups in total. The van der Waals surface area contributed by atoms with Gasteiger partial charge < -0.3 is 10.4 Å². The lowest BCUT2D eigenvalue weighted by molar-refractivity contribution is -0.139. The molecular formula is C14H16ClN5O3. The Morgan fingerprint density at radius 1 is 1.43 bits per heavy atom. The molecule has 0 bridgehead atoms. The number of aromatic nitrogens is 4. The summed E-state index contributed by atoms with van der Waals surface area (Å²) in [5.41, 5.74) is 0.615. The van der Waals surface area contributed by atoms with Gasteiger partial charge in [0.2, 0.25) is 0 Å². The minimum atomic E-state index is -1.07. The average Bonchev–Trinajstić information content (AvgIpc) is 3.05. The van der Waals surface area contributed by atoms with Crippen LogP contribution in [0, 0.1) is 0 Å². The van der Waals surface area contributed by atoms with Crippen molar-refractivity contribution in [2.45, 2.75) is 32.2 Å². The lowest BCUT2D eigenvalue weighted by atomic mass is 10.1. The van der Waals surface area contributed by atoms with E-state index in [4.69, 9.17) is 11.6 Å². The van der Waals surface area contributed by atoms with Crippen LogP contribution in [0.2, 0.25) is 5.02 Å². The van der Waals surface area contributed by atoms with Crippen molar-refractivity contribution in [2.24, 2.45) is 0 Å². The number of carboxylic acid groups (broad SMARTS) is 1. The Kier molecular flexibility index (Phi) is 5.64. The van der Waals surface area contributed by atoms with E-state index < -0.39 is 17.9 Å². The normalized spacial score (nSPS) is 11.9. The first-order valence-corrected chi connectivity index (χ1v) is 7.47. The zero-order valence-electron chi connectivity index (χ0n) is 12.4. The smallest absolute Gasteiger partial charge is 0.326 e. The molecule has 8 nitrogen and oxygen atoms in total. The molecule has 1 amide bonds. The van der Waals surface area contributed by atoms with E-state index in [2.05, 4.69) is 20.8 Å². The highest BCUT2D eigenvalue weighted by molar-refractivity contribution is 6.31. The lowest BCUT2D eigenvalue weighted by Gasteiger charge is -2.15. The van der Waals surface area contributed by atoms with Crippen LogP contribution < -0.4 is 5.32 Å². The van der Waals surface area contributed by atoms with E-state index in [1.54, 1.807) is 12.1 Å². The number of hydrogen-bond acceptors (Lipinski definition) is 5. The van der Waals surface area contributed by atoms with E-state index >= 15 is 0 Å². The lowest BCUT2D eigenvalue weighted by Crippen LogP contribution is -2.41. The molecule has 1 atom stereocenters. The van der Waals surface area contributed by atoms with Crippen LogP contribution in [-0.4, -0.2) is 43.2 Å². The second kappa shape index (κ2) is 7.68. The van der Waals surface area contributed by atoms with Gasteiger partial charge in [0.05, 0.1) is 11.3 Å². The van der Waals surface area contributed by atoms with Crippen molar-refractivity contribution in [2.75, 3.05) is 0 Å². The first kappa shape index (κ1) is 16.9. The molecule has 0 spiro atoms. The molecule has 2 aromatic rings. The summed E-state index contributed by atoms with van der Waals surface area (Å²) in [5, 5.41) is 22.9. The molecule has 122 valence electrons. The maximum atomic E-state index is 12.5. The van der Waals surface area contributed by atoms with Gasteiger partial charge in [-0.1, -0.05) is 31.4 Å². The van der Waals surface area contributed by atoms with Gasteiger partial charge in [-0.25, -0.2) is 4.79 Å². The first-order chi connectivity index (χ1) is 11.0. The van der Waals surface area contributed by atoms with Gasteiger partial charge in [0.25, 0.3) is 5.91 Å². The fraction of sp³-hybridized carbons (Fsp3) is 0.357. The number of carbonyl (C=O) groups excluding carboxylic acids is 1. The summed E-state index contributed by atoms with van der Waals surface area (Å²) in [6.07, 6.45) is 3.24. The Balaban J connectivity index is 2.27. The fourth-order valence-corrected chi connectivity index (χ4v) is 2.24. The van der Waals surface area contributed by atoms with E-state index in [0.717, 1.165) is 6.42 Å². The Hall–Kier alpha value is -2.48. The molecule has 9 heteroatoms. The summed E-state index contributed by atoms with van der Waals surface area (Å²) in [6.45, 7) is 1.95. The van der Waals surface area contributed by atoms with Crippen molar-refractivity contribution in [1.29, 1.82) is 0 Å². The molecule has 1 aromatic heterocycles. The average molecular weight is 338 g/mol. The largest absolute Gasteiger partial charge is 0.480 e. The number of rotatable bonds is 7. The van der Waals surface area contributed by atoms with Crippen molar-refractivity contribution >= 4 is 23.5 Å². The molecule has 2 rings (SSSR count). The van der Waals surface area contributed by atoms with Crippen LogP contribution in [0.25, 0.3) is 5.69 Å². The third kappa shape index (κ3) is 4.26. The van der Waals surface area contributed by atoms with Crippen LogP contribution >= 0.6 is 11.6 Å². The molecule has 0 unspecified atom stereocenters. The summed E-state index contributed by atoms with van der Waals surface area (Å²) in [7, 11) is 0. The number of tetrazole rings is 1. The number of aliphatic carboxylic acids is 1. The van der Waals surface area contributed by atoms with Crippen LogP contribution in [0.5, 0.6) is 0 Å². The van der Waals surface area contributed by atoms with Gasteiger partial charge in [-0.3, -0.25) is 4.79 Å². The summed E-state index contributed by atoms with van der Waals surface area (Å²) in [5.74, 6) is -1.61. The van der Waals surface area contributed by atoms with E-state index in [0.29, 0.717) is 23.6 Å². The summed E-state index contributed by atoms with van der Waals surface area (Å²) in [4.78, 5) is 23.8. The summed E-state index contributed by atoms with van der Waals surface area (Å²) in [6, 6.07) is 3.69. The number of benzene rings is 1. The zero-order valence-corrected chi connectivity index (χ0v) is 13.2. The first-order valence-electron chi connectivity index (χ1n) is 7.09. The molecular weight excluding hydrogens is 322 g/mol. The Bertz CT molecular complexity index is 690. The maximum Gasteiger partial charge on any atom is 0.326 e. The molecule has 0 saturated carbocycles. The number of halogens is 1. The number of carbonyl (C=O) groups is 2. The monoisotopic (exact) mass is 337 g/mol. The molecule has 1 aromatic carbocycles. The van der Waals surface area contributed by atoms with Crippen molar-refractivity contribution in [1.82, 2.24) is 25.5 Å². The molecule has 0 aliphatic rings. The van der Waals surface area contributed by atoms with Gasteiger partial charge in [-0.15, -0.1) is 5.10 Å². The minimum Gasteiger partial charge on any atom is -0.480 e. The number of hydrogen-bond donors (Lipinski definition) is 2. The van der Waals surface area contributed by atoms with Crippen LogP contribution in [0.15, 0.2) is 24.5 Å². The van der Waals surface area contributed by atoms with Crippen LogP contribution in [0.4, 0.5) is 0 Å². The van der Waals surface area contributed by atoms with Crippen molar-refractivity contribution in [3.05, 3.63) is 35.1 Å². The van der Waals surface area contributed by atoms with E-state index in [-0.39, 0.29) is 5.56 Å². The van der Waals surface area contributed by atoms with Gasteiger partial charge in [0.15, 0.2) is 0 Å². The Morgan fingerprint density at radius 3 is 2.83 bits per heavy atom. The number of nitrogens with zero attached hydrogens (tertiary/aromatic N) is 4. The van der Waals surface area contributed by atoms with Crippen molar-refractivity contribution in [3.63, 3.8) is 0 Å². The van der Waals surface area contributed by atoms with Gasteiger partial charge in [0, 0.05) is 5.02 Å². The number of nitrogens with one attached hydrogen (secondary N) is 1. The highest BCUT2D eigenvalue weighted by Crippen LogP contribution is 2.19. The molecule has 0 aliphatic heterocycles. The van der Waals surface area contributed by atoms with Crippen molar-refractivity contribution < 1.29 is 14.7 Å². The molecule has 0 saturated heterocycles. The number of unbranched alkanes of at least 4 members (excludes halogenated alkanes) is 1. The van der Waals surface area contributed by atoms with Gasteiger partial charge in [-0.05, 0) is 35.0 Å². The molecule has 23 heavy (non-hydrogen) atoms. The van der Waals surface area contributed by atoms with Crippen LogP contribution in [0.1, 0.15) is 36.5 Å². The summed E-state index contributed by atoms with van der Waals surface area (Å²) >= 11 is 5.95. The third-order valence-electron chi connectivity index (χ3n) is 3.25. The molecule has 0 fully saturated rings. The zero-order chi connectivity index (χ0) is 16.8. The number of amides is 1. The second-order valence-electron chi connectivity index (χ2n) is 4.92. The third-order valence-corrected chi connectivity index (χ3v) is 3.48. The van der Waals surface area contributed by atoms with E-state index in [9.17, 15) is 14.7 Å². The molecule has 0 aliphatic carbocycles. The van der Waals surface area contributed by atoms with Crippen molar-refractivity contribution in [3.8, 4) is 5.69 Å². The quantitative estimate of drug-likeness (QED) is 0.795. The predicted molar refractivity (Wildman–Crippen MR) is 82.6 cm³/mol. The second-order valence-corrected chi connectivity index (χ2v) is 5.36. The van der Waals surface area contributed by atoms with E-state index in [1.807, 2.05) is 6.92 Å². The predicted octanol–water partition coefficient (Wildman–Crippen LogP) is 1.69. The van der Waals surface area contributed by atoms with E-state index in [1.165, 1.54) is 17.1 Å². The fourth-order valence-electron chi connectivity index (χ4n) is 2.06. The summed E-state index contributed by atoms with van der Waals surface area (Å²) < 4.78 is 1.31. The number of carboxylic acids is 1. The highest BCUT2D eigenvalue weighted by Gasteiger charge is 2.22. The van der Waals surface area contributed by atoms with Gasteiger partial charge >= 0.3 is 5.97 Å². The molecule has 0 radical (unpaired) electrons. The highest BCUT2D eigenvalue weighted by atomic mass is 35.5. The van der Waals surface area contributed by atoms with Crippen LogP contribution in [0.3, 0.4) is 0 Å². The van der Waals surface area contributed by atoms with Crippen LogP contribution in [-0.2, 0) is 4.79 Å². The molecule has 1 heterocycles. The van der Waals surface area contributed by atoms with Gasteiger partial charge in [-0.2, -0.15) is 4.68 Å². The SMILES string of the molecule is CCCC[C@H](NC(=O)c1cc(Cl)ccc1-n1cnnn1)C(=O)O. The minimum absolute atomic E-state index is 0.201. The van der Waals surface area contributed by atoms with Gasteiger partial charge in [0.1, 0.15) is 12.4 Å². The maximum absolute atomic E-state index is 12.5. The Morgan fingerprint density at radius 2 is 2.22 bits per heavy atom. The topological polar surface area (TPSA) is 110 Å².